The monoisotopic (exact) mass is 386 g/mol. The average Bonchev–Trinajstić information content (AvgIpc) is 2.92. The molecule has 0 atom stereocenters. The summed E-state index contributed by atoms with van der Waals surface area (Å²) in [6.45, 7) is 2.72. The standard InChI is InChI=1S/C15H19BrN2O5/c1-15(22-4-5-23-15)8-13(19)18-17-9-10-6-11(16)14(21-3)12(7-10)20-2/h6-7,9H,4-5,8H2,1-3H3,(H,18,19)/b17-9+. The van der Waals surface area contributed by atoms with Crippen LogP contribution >= 0.6 is 15.9 Å². The maximum Gasteiger partial charge on any atom is 0.245 e. The lowest BCUT2D eigenvalue weighted by Gasteiger charge is -2.20. The Balaban J connectivity index is 1.97. The number of carbonyl (C=O) groups excluding carboxylic acids is 1. The van der Waals surface area contributed by atoms with Gasteiger partial charge in [-0.2, -0.15) is 5.10 Å². The SMILES string of the molecule is COc1cc(/C=N/NC(=O)CC2(C)OCCO2)cc(Br)c1OC. The zero-order valence-electron chi connectivity index (χ0n) is 13.2. The number of hydrazone groups is 1. The van der Waals surface area contributed by atoms with Crippen molar-refractivity contribution in [3.8, 4) is 11.5 Å². The van der Waals surface area contributed by atoms with Crippen molar-refractivity contribution in [2.45, 2.75) is 19.1 Å². The van der Waals surface area contributed by atoms with Crippen LogP contribution in [-0.2, 0) is 14.3 Å². The van der Waals surface area contributed by atoms with Gasteiger partial charge in [0, 0.05) is 0 Å². The number of hydrogen-bond donors (Lipinski definition) is 1. The number of nitrogens with zero attached hydrogens (tertiary/aromatic N) is 1. The normalized spacial score (nSPS) is 16.5. The maximum absolute atomic E-state index is 11.8. The third-order valence-electron chi connectivity index (χ3n) is 3.24. The summed E-state index contributed by atoms with van der Waals surface area (Å²) in [4.78, 5) is 11.8. The van der Waals surface area contributed by atoms with Crippen LogP contribution in [0, 0.1) is 0 Å². The van der Waals surface area contributed by atoms with Gasteiger partial charge in [0.05, 0.1) is 44.5 Å². The zero-order valence-corrected chi connectivity index (χ0v) is 14.8. The van der Waals surface area contributed by atoms with E-state index in [9.17, 15) is 4.79 Å². The highest BCUT2D eigenvalue weighted by molar-refractivity contribution is 9.10. The Morgan fingerprint density at radius 2 is 2.09 bits per heavy atom. The van der Waals surface area contributed by atoms with Crippen LogP contribution in [0.2, 0.25) is 0 Å². The van der Waals surface area contributed by atoms with Crippen molar-refractivity contribution in [3.05, 3.63) is 22.2 Å². The van der Waals surface area contributed by atoms with E-state index in [1.54, 1.807) is 27.2 Å². The minimum absolute atomic E-state index is 0.0833. The number of benzene rings is 1. The van der Waals surface area contributed by atoms with Gasteiger partial charge in [0.2, 0.25) is 5.91 Å². The highest BCUT2D eigenvalue weighted by atomic mass is 79.9. The summed E-state index contributed by atoms with van der Waals surface area (Å²) in [6, 6.07) is 3.56. The molecule has 1 aliphatic heterocycles. The highest BCUT2D eigenvalue weighted by Gasteiger charge is 2.33. The van der Waals surface area contributed by atoms with Crippen molar-refractivity contribution in [1.29, 1.82) is 0 Å². The van der Waals surface area contributed by atoms with Crippen LogP contribution in [0.25, 0.3) is 0 Å². The van der Waals surface area contributed by atoms with Gasteiger partial charge in [0.1, 0.15) is 0 Å². The molecule has 1 aliphatic rings. The summed E-state index contributed by atoms with van der Waals surface area (Å²) in [5.74, 6) is 0.00337. The van der Waals surface area contributed by atoms with Gasteiger partial charge >= 0.3 is 0 Å². The van der Waals surface area contributed by atoms with Crippen LogP contribution in [0.5, 0.6) is 11.5 Å². The van der Waals surface area contributed by atoms with Crippen molar-refractivity contribution in [2.24, 2.45) is 5.10 Å². The number of rotatable bonds is 6. The van der Waals surface area contributed by atoms with Crippen molar-refractivity contribution in [2.75, 3.05) is 27.4 Å². The largest absolute Gasteiger partial charge is 0.493 e. The van der Waals surface area contributed by atoms with Crippen LogP contribution < -0.4 is 14.9 Å². The number of nitrogens with one attached hydrogen (secondary N) is 1. The average molecular weight is 387 g/mol. The minimum Gasteiger partial charge on any atom is -0.493 e. The lowest BCUT2D eigenvalue weighted by Crippen LogP contribution is -2.33. The molecule has 1 amide bonds. The molecular weight excluding hydrogens is 368 g/mol. The molecule has 1 fully saturated rings. The third kappa shape index (κ3) is 4.66. The Hall–Kier alpha value is -1.64. The number of hydrogen-bond acceptors (Lipinski definition) is 6. The predicted octanol–water partition coefficient (Wildman–Crippen LogP) is 2.07. The van der Waals surface area contributed by atoms with Gasteiger partial charge in [0.15, 0.2) is 17.3 Å². The second-order valence-electron chi connectivity index (χ2n) is 5.04. The first-order valence-electron chi connectivity index (χ1n) is 6.99. The molecule has 1 heterocycles. The number of amides is 1. The van der Waals surface area contributed by atoms with Crippen LogP contribution in [0.3, 0.4) is 0 Å². The van der Waals surface area contributed by atoms with Gasteiger partial charge in [-0.15, -0.1) is 0 Å². The van der Waals surface area contributed by atoms with Crippen molar-refractivity contribution < 1.29 is 23.7 Å². The highest BCUT2D eigenvalue weighted by Crippen LogP contribution is 2.35. The van der Waals surface area contributed by atoms with E-state index in [4.69, 9.17) is 18.9 Å². The van der Waals surface area contributed by atoms with E-state index in [0.717, 1.165) is 10.0 Å². The summed E-state index contributed by atoms with van der Waals surface area (Å²) in [7, 11) is 3.11. The Morgan fingerprint density at radius 3 is 2.70 bits per heavy atom. The fourth-order valence-electron chi connectivity index (χ4n) is 2.18. The lowest BCUT2D eigenvalue weighted by atomic mass is 10.2. The van der Waals surface area contributed by atoms with Gasteiger partial charge in [-0.1, -0.05) is 0 Å². The Bertz CT molecular complexity index is 600. The smallest absolute Gasteiger partial charge is 0.245 e. The molecule has 23 heavy (non-hydrogen) atoms. The first-order valence-corrected chi connectivity index (χ1v) is 7.78. The van der Waals surface area contributed by atoms with E-state index < -0.39 is 5.79 Å². The number of halogens is 1. The fourth-order valence-corrected chi connectivity index (χ4v) is 2.80. The molecule has 0 unspecified atom stereocenters. The molecule has 7 nitrogen and oxygen atoms in total. The van der Waals surface area contributed by atoms with Crippen LogP contribution in [0.4, 0.5) is 0 Å². The van der Waals surface area contributed by atoms with Crippen molar-refractivity contribution in [3.63, 3.8) is 0 Å². The maximum atomic E-state index is 11.8. The van der Waals surface area contributed by atoms with E-state index in [1.165, 1.54) is 6.21 Å². The van der Waals surface area contributed by atoms with Crippen molar-refractivity contribution in [1.82, 2.24) is 5.43 Å². The second kappa shape index (κ2) is 7.76. The fraction of sp³-hybridized carbons (Fsp3) is 0.467. The number of methoxy groups -OCH3 is 2. The lowest BCUT2D eigenvalue weighted by molar-refractivity contribution is -0.159. The second-order valence-corrected chi connectivity index (χ2v) is 5.89. The molecule has 1 N–H and O–H groups in total. The molecule has 0 saturated carbocycles. The van der Waals surface area contributed by atoms with E-state index in [1.807, 2.05) is 6.07 Å². The summed E-state index contributed by atoms with van der Waals surface area (Å²) in [6.07, 6.45) is 1.60. The molecule has 1 saturated heterocycles. The first-order chi connectivity index (χ1) is 11.0. The topological polar surface area (TPSA) is 78.4 Å². The summed E-state index contributed by atoms with van der Waals surface area (Å²) >= 11 is 3.40. The molecule has 0 radical (unpaired) electrons. The molecule has 0 spiro atoms. The Morgan fingerprint density at radius 1 is 1.39 bits per heavy atom. The third-order valence-corrected chi connectivity index (χ3v) is 3.83. The summed E-state index contributed by atoms with van der Waals surface area (Å²) < 4.78 is 22.0. The molecule has 0 bridgehead atoms. The summed E-state index contributed by atoms with van der Waals surface area (Å²) in [5, 5.41) is 3.93. The first kappa shape index (κ1) is 17.7. The molecule has 2 rings (SSSR count). The van der Waals surface area contributed by atoms with Crippen LogP contribution in [0.1, 0.15) is 18.9 Å². The number of carbonyl (C=O) groups is 1. The van der Waals surface area contributed by atoms with Crippen LogP contribution in [-0.4, -0.2) is 45.3 Å². The molecule has 1 aromatic rings. The minimum atomic E-state index is -0.869. The quantitative estimate of drug-likeness (QED) is 0.597. The van der Waals surface area contributed by atoms with E-state index in [-0.39, 0.29) is 12.3 Å². The van der Waals surface area contributed by atoms with Gasteiger partial charge < -0.3 is 18.9 Å². The predicted molar refractivity (Wildman–Crippen MR) is 87.9 cm³/mol. The van der Waals surface area contributed by atoms with Gasteiger partial charge in [-0.25, -0.2) is 5.43 Å². The van der Waals surface area contributed by atoms with Crippen LogP contribution in [0.15, 0.2) is 21.7 Å². The van der Waals surface area contributed by atoms with Crippen molar-refractivity contribution >= 4 is 28.1 Å². The molecule has 126 valence electrons. The van der Waals surface area contributed by atoms with Gasteiger partial charge in [-0.3, -0.25) is 4.79 Å². The van der Waals surface area contributed by atoms with E-state index in [0.29, 0.717) is 24.7 Å². The van der Waals surface area contributed by atoms with Gasteiger partial charge in [-0.05, 0) is 40.5 Å². The van der Waals surface area contributed by atoms with Gasteiger partial charge in [0.25, 0.3) is 0 Å². The number of ether oxygens (including phenoxy) is 4. The van der Waals surface area contributed by atoms with E-state index in [2.05, 4.69) is 26.5 Å². The summed E-state index contributed by atoms with van der Waals surface area (Å²) in [5.41, 5.74) is 3.20. The molecule has 0 aliphatic carbocycles. The molecule has 1 aromatic carbocycles. The molecular formula is C15H19BrN2O5. The Labute approximate surface area is 143 Å². The molecule has 0 aromatic heterocycles. The molecule has 8 heteroatoms. The van der Waals surface area contributed by atoms with E-state index >= 15 is 0 Å². The Kier molecular flexibility index (Phi) is 5.97. The zero-order chi connectivity index (χ0) is 16.9.